The molecule has 2 aromatic rings. The summed E-state index contributed by atoms with van der Waals surface area (Å²) in [5.74, 6) is 0.0450. The molecule has 0 heterocycles. The number of ketones is 1. The number of rotatable bonds is 6. The molecule has 0 amide bonds. The van der Waals surface area contributed by atoms with Gasteiger partial charge in [-0.3, -0.25) is 0 Å². The van der Waals surface area contributed by atoms with Crippen LogP contribution < -0.4 is 5.48 Å². The van der Waals surface area contributed by atoms with Gasteiger partial charge in [-0.1, -0.05) is 55.5 Å². The Kier molecular flexibility index (Phi) is 5.45. The SMILES string of the molecule is Cc1ccc(C(C)NOC(=O)c2ccc(C(=[O+])C3C45CCCCC34CCCC5)cc2)cc1. The summed E-state index contributed by atoms with van der Waals surface area (Å²) in [6.45, 7) is 3.99. The molecule has 1 N–H and O–H groups in total. The van der Waals surface area contributed by atoms with Gasteiger partial charge in [0, 0.05) is 0 Å². The molecule has 3 saturated carbocycles. The molecule has 0 aromatic heterocycles. The first-order valence-electron chi connectivity index (χ1n) is 12.1. The van der Waals surface area contributed by atoms with Crippen LogP contribution in [0.3, 0.4) is 0 Å². The van der Waals surface area contributed by atoms with Crippen molar-refractivity contribution < 1.29 is 14.4 Å². The molecule has 3 fully saturated rings. The molecule has 4 nitrogen and oxygen atoms in total. The van der Waals surface area contributed by atoms with Crippen molar-refractivity contribution in [1.82, 2.24) is 5.48 Å². The Labute approximate surface area is 190 Å². The van der Waals surface area contributed by atoms with E-state index < -0.39 is 5.97 Å². The van der Waals surface area contributed by atoms with Gasteiger partial charge < -0.3 is 4.84 Å². The smallest absolute Gasteiger partial charge is 0.366 e. The maximum atomic E-state index is 13.5. The second-order valence-corrected chi connectivity index (χ2v) is 10.2. The molecular formula is C28H33NO3+. The monoisotopic (exact) mass is 431 g/mol. The molecule has 0 aliphatic heterocycles. The number of aryl methyl sites for hydroxylation is 1. The van der Waals surface area contributed by atoms with Gasteiger partial charge in [0.05, 0.1) is 17.2 Å². The molecule has 3 aliphatic rings. The third kappa shape index (κ3) is 3.40. The van der Waals surface area contributed by atoms with Crippen molar-refractivity contribution in [2.24, 2.45) is 16.7 Å². The third-order valence-electron chi connectivity index (χ3n) is 8.58. The van der Waals surface area contributed by atoms with Gasteiger partial charge in [-0.25, -0.2) is 4.79 Å². The number of carbonyl (C=O) groups excluding carboxylic acids is 2. The Morgan fingerprint density at radius 2 is 1.41 bits per heavy atom. The van der Waals surface area contributed by atoms with Crippen LogP contribution in [0.25, 0.3) is 0 Å². The fraction of sp³-hybridized carbons (Fsp3) is 0.500. The minimum Gasteiger partial charge on any atom is -0.366 e. The quantitative estimate of drug-likeness (QED) is 0.329. The predicted molar refractivity (Wildman–Crippen MR) is 124 cm³/mol. The summed E-state index contributed by atoms with van der Waals surface area (Å²) in [7, 11) is 0. The number of hydrogen-bond donors (Lipinski definition) is 1. The lowest BCUT2D eigenvalue weighted by Crippen LogP contribution is -2.23. The lowest BCUT2D eigenvalue weighted by Gasteiger charge is -2.33. The Morgan fingerprint density at radius 3 is 1.94 bits per heavy atom. The zero-order chi connectivity index (χ0) is 22.3. The second kappa shape index (κ2) is 8.15. The molecule has 0 bridgehead atoms. The van der Waals surface area contributed by atoms with E-state index in [1.54, 1.807) is 12.1 Å². The predicted octanol–water partition coefficient (Wildman–Crippen LogP) is 6.35. The van der Waals surface area contributed by atoms with Gasteiger partial charge >= 0.3 is 11.8 Å². The Balaban J connectivity index is 1.23. The molecule has 32 heavy (non-hydrogen) atoms. The van der Waals surface area contributed by atoms with Gasteiger partial charge in [-0.2, -0.15) is 0 Å². The van der Waals surface area contributed by atoms with E-state index >= 15 is 0 Å². The number of nitrogens with one attached hydrogen (secondary N) is 1. The standard InChI is InChI=1S/C28H33NO3/c1-19-7-9-21(10-8-19)20(2)29-32-26(31)23-13-11-22(12-14-23)24(30)25-27-15-3-4-16-28(25,27)18-6-5-17-27/h7-14,20,25,29H,3-6,15-18H2,1-2H3/q+1. The van der Waals surface area contributed by atoms with Gasteiger partial charge in [-0.15, -0.1) is 5.48 Å². The summed E-state index contributed by atoms with van der Waals surface area (Å²) in [5, 5.41) is 0. The molecule has 1 atom stereocenters. The highest BCUT2D eigenvalue weighted by molar-refractivity contribution is 6.02. The normalized spacial score (nSPS) is 29.4. The summed E-state index contributed by atoms with van der Waals surface area (Å²) in [5.41, 5.74) is 6.81. The lowest BCUT2D eigenvalue weighted by atomic mass is 9.71. The number of hydroxylamine groups is 1. The molecule has 1 unspecified atom stereocenters. The fourth-order valence-electron chi connectivity index (χ4n) is 6.89. The summed E-state index contributed by atoms with van der Waals surface area (Å²) >= 11 is 0. The van der Waals surface area contributed by atoms with Crippen molar-refractivity contribution in [3.05, 3.63) is 70.8 Å². The van der Waals surface area contributed by atoms with E-state index in [-0.39, 0.29) is 22.8 Å². The zero-order valence-electron chi connectivity index (χ0n) is 19.2. The third-order valence-corrected chi connectivity index (χ3v) is 8.58. The van der Waals surface area contributed by atoms with Crippen molar-refractivity contribution in [2.45, 2.75) is 71.3 Å². The van der Waals surface area contributed by atoms with E-state index in [1.165, 1.54) is 56.9 Å². The minimum atomic E-state index is -0.436. The Hall–Kier alpha value is -2.46. The minimum absolute atomic E-state index is 0.111. The second-order valence-electron chi connectivity index (χ2n) is 10.2. The number of benzene rings is 2. The highest BCUT2D eigenvalue weighted by Gasteiger charge is 2.81. The van der Waals surface area contributed by atoms with Crippen LogP contribution in [-0.2, 0) is 4.84 Å². The van der Waals surface area contributed by atoms with Gasteiger partial charge in [0.15, 0.2) is 0 Å². The average molecular weight is 432 g/mol. The number of Topliss-reactive ketones (excluding diaryl/α,β-unsaturated/α-hetero) is 1. The Morgan fingerprint density at radius 1 is 0.906 bits per heavy atom. The highest BCUT2D eigenvalue weighted by Crippen LogP contribution is 2.81. The molecule has 4 heteroatoms. The van der Waals surface area contributed by atoms with Gasteiger partial charge in [0.25, 0.3) is 0 Å². The maximum Gasteiger partial charge on any atom is 0.478 e. The molecule has 5 rings (SSSR count). The first-order chi connectivity index (χ1) is 15.5. The van der Waals surface area contributed by atoms with Crippen LogP contribution in [0.4, 0.5) is 0 Å². The van der Waals surface area contributed by atoms with E-state index in [4.69, 9.17) is 4.84 Å². The van der Waals surface area contributed by atoms with E-state index in [0.29, 0.717) is 11.3 Å². The van der Waals surface area contributed by atoms with Crippen molar-refractivity contribution >= 4 is 11.8 Å². The summed E-state index contributed by atoms with van der Waals surface area (Å²) in [6.07, 6.45) is 9.96. The van der Waals surface area contributed by atoms with Crippen molar-refractivity contribution in [3.63, 3.8) is 0 Å². The molecule has 167 valence electrons. The van der Waals surface area contributed by atoms with Crippen molar-refractivity contribution in [3.8, 4) is 0 Å². The first kappa shape index (κ1) is 21.4. The van der Waals surface area contributed by atoms with Crippen LogP contribution >= 0.6 is 0 Å². The average Bonchev–Trinajstić information content (AvgIpc) is 3.46. The summed E-state index contributed by atoms with van der Waals surface area (Å²) in [4.78, 5) is 31.3. The molecule has 0 saturated heterocycles. The molecular weight excluding hydrogens is 398 g/mol. The lowest BCUT2D eigenvalue weighted by molar-refractivity contribution is 0.0169. The van der Waals surface area contributed by atoms with Crippen LogP contribution in [0.2, 0.25) is 0 Å². The first-order valence-corrected chi connectivity index (χ1v) is 12.1. The van der Waals surface area contributed by atoms with Gasteiger partial charge in [-0.05, 0) is 80.2 Å². The molecule has 0 spiro atoms. The fourth-order valence-corrected chi connectivity index (χ4v) is 6.89. The van der Waals surface area contributed by atoms with Crippen molar-refractivity contribution in [2.75, 3.05) is 0 Å². The molecule has 1 radical (unpaired) electrons. The van der Waals surface area contributed by atoms with Crippen molar-refractivity contribution in [1.29, 1.82) is 0 Å². The van der Waals surface area contributed by atoms with E-state index in [0.717, 1.165) is 11.1 Å². The number of carbonyl (C=O) groups is 2. The highest BCUT2D eigenvalue weighted by atomic mass is 16.7. The number of hydrogen-bond acceptors (Lipinski definition) is 4. The molecule has 2 aromatic carbocycles. The topological polar surface area (TPSA) is 58.2 Å². The van der Waals surface area contributed by atoms with E-state index in [1.807, 2.05) is 50.2 Å². The largest absolute Gasteiger partial charge is 0.478 e. The zero-order valence-corrected chi connectivity index (χ0v) is 19.2. The van der Waals surface area contributed by atoms with Crippen LogP contribution in [-0.4, -0.2) is 11.8 Å². The Bertz CT molecular complexity index is 974. The van der Waals surface area contributed by atoms with E-state index in [9.17, 15) is 9.59 Å². The van der Waals surface area contributed by atoms with Crippen LogP contribution in [0, 0.1) is 23.7 Å². The molecule has 3 aliphatic carbocycles. The van der Waals surface area contributed by atoms with Gasteiger partial charge in [0.2, 0.25) is 4.79 Å². The summed E-state index contributed by atoms with van der Waals surface area (Å²) < 4.78 is 0. The van der Waals surface area contributed by atoms with Crippen LogP contribution in [0.5, 0.6) is 0 Å². The maximum absolute atomic E-state index is 13.5. The summed E-state index contributed by atoms with van der Waals surface area (Å²) in [6, 6.07) is 15.1. The van der Waals surface area contributed by atoms with Gasteiger partial charge in [0.1, 0.15) is 5.92 Å². The van der Waals surface area contributed by atoms with E-state index in [2.05, 4.69) is 5.48 Å². The van der Waals surface area contributed by atoms with Crippen LogP contribution in [0.15, 0.2) is 48.5 Å². The van der Waals surface area contributed by atoms with Crippen LogP contribution in [0.1, 0.15) is 96.2 Å².